The molecule has 1 N–H and O–H groups in total. The standard InChI is InChI=1S/C19H12FN3O2S/c20-14-3-1-2-4-15(14)22-9-13(8-21)19-23-16(10-26-19)12-5-6-17-18(7-12)25-11-24-17/h1-7,9-10,22H,11H2/b13-9-. The first kappa shape index (κ1) is 16.1. The summed E-state index contributed by atoms with van der Waals surface area (Å²) in [5, 5.41) is 14.6. The third kappa shape index (κ3) is 3.10. The maximum atomic E-state index is 13.7. The molecule has 128 valence electrons. The third-order valence-electron chi connectivity index (χ3n) is 3.77. The highest BCUT2D eigenvalue weighted by Gasteiger charge is 2.16. The summed E-state index contributed by atoms with van der Waals surface area (Å²) in [6.07, 6.45) is 1.46. The van der Waals surface area contributed by atoms with E-state index in [2.05, 4.69) is 16.4 Å². The summed E-state index contributed by atoms with van der Waals surface area (Å²) in [5.74, 6) is 0.992. The van der Waals surface area contributed by atoms with Crippen molar-refractivity contribution in [2.45, 2.75) is 0 Å². The molecule has 1 aromatic heterocycles. The molecule has 0 spiro atoms. The van der Waals surface area contributed by atoms with Crippen LogP contribution in [-0.2, 0) is 0 Å². The number of fused-ring (bicyclic) bond motifs is 1. The fourth-order valence-electron chi connectivity index (χ4n) is 2.46. The smallest absolute Gasteiger partial charge is 0.231 e. The van der Waals surface area contributed by atoms with Gasteiger partial charge in [0, 0.05) is 17.1 Å². The molecule has 0 radical (unpaired) electrons. The van der Waals surface area contributed by atoms with Gasteiger partial charge in [-0.05, 0) is 30.3 Å². The fourth-order valence-corrected chi connectivity index (χ4v) is 3.25. The van der Waals surface area contributed by atoms with Crippen LogP contribution in [0.25, 0.3) is 16.8 Å². The molecule has 26 heavy (non-hydrogen) atoms. The van der Waals surface area contributed by atoms with Crippen LogP contribution in [0.1, 0.15) is 5.01 Å². The molecule has 0 atom stereocenters. The number of hydrogen-bond acceptors (Lipinski definition) is 6. The lowest BCUT2D eigenvalue weighted by molar-refractivity contribution is 0.174. The number of aromatic nitrogens is 1. The normalized spacial score (nSPS) is 12.7. The molecule has 0 unspecified atom stereocenters. The van der Waals surface area contributed by atoms with Crippen LogP contribution in [0.3, 0.4) is 0 Å². The Morgan fingerprint density at radius 3 is 2.92 bits per heavy atom. The minimum atomic E-state index is -0.388. The topological polar surface area (TPSA) is 67.2 Å². The molecule has 0 saturated carbocycles. The van der Waals surface area contributed by atoms with E-state index in [4.69, 9.17) is 9.47 Å². The first-order valence-electron chi connectivity index (χ1n) is 7.72. The Balaban J connectivity index is 1.59. The van der Waals surface area contributed by atoms with Crippen molar-refractivity contribution in [1.29, 1.82) is 5.26 Å². The van der Waals surface area contributed by atoms with Gasteiger partial charge in [-0.3, -0.25) is 0 Å². The zero-order valence-corrected chi connectivity index (χ0v) is 14.2. The molecule has 7 heteroatoms. The molecule has 1 aliphatic rings. The van der Waals surface area contributed by atoms with Crippen LogP contribution in [0.15, 0.2) is 54.0 Å². The van der Waals surface area contributed by atoms with Crippen molar-refractivity contribution in [3.8, 4) is 28.8 Å². The Morgan fingerprint density at radius 1 is 1.23 bits per heavy atom. The molecule has 3 aromatic rings. The van der Waals surface area contributed by atoms with E-state index in [0.29, 0.717) is 27.8 Å². The Kier molecular flexibility index (Phi) is 4.25. The van der Waals surface area contributed by atoms with Gasteiger partial charge in [0.2, 0.25) is 6.79 Å². The number of nitrogens with zero attached hydrogens (tertiary/aromatic N) is 2. The van der Waals surface area contributed by atoms with Crippen molar-refractivity contribution in [2.24, 2.45) is 0 Å². The van der Waals surface area contributed by atoms with Crippen molar-refractivity contribution in [1.82, 2.24) is 4.98 Å². The van der Waals surface area contributed by atoms with Crippen LogP contribution >= 0.6 is 11.3 Å². The summed E-state index contributed by atoms with van der Waals surface area (Å²) < 4.78 is 24.4. The highest BCUT2D eigenvalue weighted by atomic mass is 32.1. The van der Waals surface area contributed by atoms with Crippen LogP contribution in [0.4, 0.5) is 10.1 Å². The second-order valence-electron chi connectivity index (χ2n) is 5.40. The first-order chi connectivity index (χ1) is 12.7. The maximum Gasteiger partial charge on any atom is 0.231 e. The van der Waals surface area contributed by atoms with Crippen LogP contribution in [0, 0.1) is 17.1 Å². The number of halogens is 1. The number of hydrogen-bond donors (Lipinski definition) is 1. The third-order valence-corrected chi connectivity index (χ3v) is 4.64. The van der Waals surface area contributed by atoms with Gasteiger partial charge in [-0.15, -0.1) is 11.3 Å². The number of thiazole rings is 1. The zero-order valence-electron chi connectivity index (χ0n) is 13.4. The Labute approximate surface area is 153 Å². The lowest BCUT2D eigenvalue weighted by Gasteiger charge is -2.02. The highest BCUT2D eigenvalue weighted by molar-refractivity contribution is 7.11. The molecule has 0 aliphatic carbocycles. The number of benzene rings is 2. The number of anilines is 1. The lowest BCUT2D eigenvalue weighted by Crippen LogP contribution is -1.93. The highest BCUT2D eigenvalue weighted by Crippen LogP contribution is 2.36. The van der Waals surface area contributed by atoms with E-state index in [-0.39, 0.29) is 12.6 Å². The quantitative estimate of drug-likeness (QED) is 0.682. The van der Waals surface area contributed by atoms with Crippen LogP contribution < -0.4 is 14.8 Å². The molecule has 4 rings (SSSR count). The van der Waals surface area contributed by atoms with Crippen LogP contribution in [0.2, 0.25) is 0 Å². The van der Waals surface area contributed by atoms with Gasteiger partial charge >= 0.3 is 0 Å². The van der Waals surface area contributed by atoms with E-state index >= 15 is 0 Å². The summed E-state index contributed by atoms with van der Waals surface area (Å²) in [7, 11) is 0. The van der Waals surface area contributed by atoms with Gasteiger partial charge in [0.1, 0.15) is 22.5 Å². The first-order valence-corrected chi connectivity index (χ1v) is 8.60. The second kappa shape index (κ2) is 6.86. The lowest BCUT2D eigenvalue weighted by atomic mass is 10.1. The number of para-hydroxylation sites is 1. The molecule has 0 saturated heterocycles. The van der Waals surface area contributed by atoms with Crippen molar-refractivity contribution in [3.63, 3.8) is 0 Å². The van der Waals surface area contributed by atoms with Crippen molar-refractivity contribution >= 4 is 22.6 Å². The molecular weight excluding hydrogens is 353 g/mol. The number of ether oxygens (including phenoxy) is 2. The predicted molar refractivity (Wildman–Crippen MR) is 97.3 cm³/mol. The average Bonchev–Trinajstić information content (AvgIpc) is 3.32. The molecule has 0 bridgehead atoms. The van der Waals surface area contributed by atoms with Crippen LogP contribution in [-0.4, -0.2) is 11.8 Å². The van der Waals surface area contributed by atoms with Crippen molar-refractivity contribution < 1.29 is 13.9 Å². The van der Waals surface area contributed by atoms with Gasteiger partial charge < -0.3 is 14.8 Å². The SMILES string of the molecule is N#C/C(=C/Nc1ccccc1F)c1nc(-c2ccc3c(c2)OCO3)cs1. The Hall–Kier alpha value is -3.37. The van der Waals surface area contributed by atoms with Gasteiger partial charge in [-0.1, -0.05) is 12.1 Å². The predicted octanol–water partition coefficient (Wildman–Crippen LogP) is 4.65. The van der Waals surface area contributed by atoms with E-state index in [1.165, 1.54) is 23.6 Å². The molecular formula is C19H12FN3O2S. The monoisotopic (exact) mass is 365 g/mol. The molecule has 2 heterocycles. The van der Waals surface area contributed by atoms with Crippen LogP contribution in [0.5, 0.6) is 11.5 Å². The largest absolute Gasteiger partial charge is 0.454 e. The minimum Gasteiger partial charge on any atom is -0.454 e. The van der Waals surface area contributed by atoms with Gasteiger partial charge in [0.05, 0.1) is 11.4 Å². The molecule has 1 aliphatic heterocycles. The zero-order chi connectivity index (χ0) is 17.9. The fraction of sp³-hybridized carbons (Fsp3) is 0.0526. The van der Waals surface area contributed by atoms with Crippen molar-refractivity contribution in [2.75, 3.05) is 12.1 Å². The number of nitriles is 1. The summed E-state index contributed by atoms with van der Waals surface area (Å²) >= 11 is 1.34. The van der Waals surface area contributed by atoms with E-state index in [1.54, 1.807) is 18.2 Å². The van der Waals surface area contributed by atoms with Gasteiger partial charge in [-0.2, -0.15) is 5.26 Å². The van der Waals surface area contributed by atoms with Gasteiger partial charge in [-0.25, -0.2) is 9.37 Å². The second-order valence-corrected chi connectivity index (χ2v) is 6.26. The molecule has 5 nitrogen and oxygen atoms in total. The van der Waals surface area contributed by atoms with E-state index in [0.717, 1.165) is 11.3 Å². The summed E-state index contributed by atoms with van der Waals surface area (Å²) in [6.45, 7) is 0.212. The van der Waals surface area contributed by atoms with E-state index in [9.17, 15) is 9.65 Å². The van der Waals surface area contributed by atoms with Gasteiger partial charge in [0.25, 0.3) is 0 Å². The Bertz CT molecular complexity index is 1040. The molecule has 2 aromatic carbocycles. The summed E-state index contributed by atoms with van der Waals surface area (Å²) in [6, 6.07) is 13.9. The number of nitrogens with one attached hydrogen (secondary N) is 1. The maximum absolute atomic E-state index is 13.7. The molecule has 0 fully saturated rings. The molecule has 0 amide bonds. The number of allylic oxidation sites excluding steroid dienone is 1. The van der Waals surface area contributed by atoms with Gasteiger partial charge in [0.15, 0.2) is 11.5 Å². The number of rotatable bonds is 4. The van der Waals surface area contributed by atoms with Crippen molar-refractivity contribution in [3.05, 3.63) is 64.9 Å². The van der Waals surface area contributed by atoms with E-state index < -0.39 is 0 Å². The van der Waals surface area contributed by atoms with E-state index in [1.807, 2.05) is 23.6 Å². The average molecular weight is 365 g/mol. The summed E-state index contributed by atoms with van der Waals surface area (Å²) in [4.78, 5) is 4.51. The minimum absolute atomic E-state index is 0.212. The summed E-state index contributed by atoms with van der Waals surface area (Å²) in [5.41, 5.74) is 2.23. The Morgan fingerprint density at radius 2 is 2.08 bits per heavy atom.